The van der Waals surface area contributed by atoms with Crippen molar-refractivity contribution in [1.29, 1.82) is 0 Å². The summed E-state index contributed by atoms with van der Waals surface area (Å²) in [5.41, 5.74) is 2.26. The van der Waals surface area contributed by atoms with Crippen LogP contribution in [-0.2, 0) is 4.79 Å². The lowest BCUT2D eigenvalue weighted by Gasteiger charge is -2.02. The molecule has 0 aliphatic heterocycles. The maximum atomic E-state index is 11.3. The van der Waals surface area contributed by atoms with E-state index in [0.29, 0.717) is 11.1 Å². The molecule has 0 fully saturated rings. The van der Waals surface area contributed by atoms with Gasteiger partial charge in [0.2, 0.25) is 0 Å². The summed E-state index contributed by atoms with van der Waals surface area (Å²) >= 11 is 0. The van der Waals surface area contributed by atoms with Crippen LogP contribution in [0.5, 0.6) is 0 Å². The Morgan fingerprint density at radius 2 is 1.71 bits per heavy atom. The summed E-state index contributed by atoms with van der Waals surface area (Å²) in [7, 11) is 0. The van der Waals surface area contributed by atoms with Crippen molar-refractivity contribution in [1.82, 2.24) is 0 Å². The SMILES string of the molecule is O=C(O)C1=C(CO)c2cccc3cccc1c23. The van der Waals surface area contributed by atoms with Gasteiger partial charge in [-0.2, -0.15) is 0 Å². The lowest BCUT2D eigenvalue weighted by molar-refractivity contribution is -0.130. The fourth-order valence-electron chi connectivity index (χ4n) is 2.51. The van der Waals surface area contributed by atoms with E-state index in [1.54, 1.807) is 6.07 Å². The highest BCUT2D eigenvalue weighted by atomic mass is 16.4. The lowest BCUT2D eigenvalue weighted by atomic mass is 10.0. The highest BCUT2D eigenvalue weighted by molar-refractivity contribution is 6.32. The summed E-state index contributed by atoms with van der Waals surface area (Å²) in [6.07, 6.45) is 0. The molecule has 2 aromatic rings. The average Bonchev–Trinajstić information content (AvgIpc) is 2.66. The van der Waals surface area contributed by atoms with Crippen LogP contribution in [0.3, 0.4) is 0 Å². The Kier molecular flexibility index (Phi) is 2.03. The molecule has 17 heavy (non-hydrogen) atoms. The summed E-state index contributed by atoms with van der Waals surface area (Å²) in [5.74, 6) is -0.988. The molecule has 3 nitrogen and oxygen atoms in total. The Bertz CT molecular complexity index is 663. The van der Waals surface area contributed by atoms with E-state index in [9.17, 15) is 15.0 Å². The summed E-state index contributed by atoms with van der Waals surface area (Å²) in [4.78, 5) is 11.3. The molecule has 1 aliphatic carbocycles. The molecule has 84 valence electrons. The maximum absolute atomic E-state index is 11.3. The third kappa shape index (κ3) is 1.23. The average molecular weight is 226 g/mol. The fourth-order valence-corrected chi connectivity index (χ4v) is 2.51. The van der Waals surface area contributed by atoms with Gasteiger partial charge in [0.25, 0.3) is 0 Å². The first kappa shape index (κ1) is 10.1. The number of hydrogen-bond acceptors (Lipinski definition) is 2. The second-order valence-electron chi connectivity index (χ2n) is 4.03. The highest BCUT2D eigenvalue weighted by Gasteiger charge is 2.27. The van der Waals surface area contributed by atoms with Crippen LogP contribution in [0.25, 0.3) is 21.9 Å². The Labute approximate surface area is 97.6 Å². The van der Waals surface area contributed by atoms with E-state index < -0.39 is 5.97 Å². The van der Waals surface area contributed by atoms with Crippen molar-refractivity contribution in [3.63, 3.8) is 0 Å². The van der Waals surface area contributed by atoms with Crippen LogP contribution in [0.2, 0.25) is 0 Å². The van der Waals surface area contributed by atoms with Crippen LogP contribution in [0.15, 0.2) is 36.4 Å². The van der Waals surface area contributed by atoms with E-state index in [2.05, 4.69) is 0 Å². The number of aliphatic hydroxyl groups excluding tert-OH is 1. The van der Waals surface area contributed by atoms with Gasteiger partial charge in [-0.05, 0) is 21.9 Å². The molecule has 0 aromatic heterocycles. The number of benzene rings is 2. The summed E-state index contributed by atoms with van der Waals surface area (Å²) in [6, 6.07) is 11.3. The van der Waals surface area contributed by atoms with E-state index in [-0.39, 0.29) is 12.2 Å². The van der Waals surface area contributed by atoms with Gasteiger partial charge < -0.3 is 10.2 Å². The zero-order valence-electron chi connectivity index (χ0n) is 8.97. The van der Waals surface area contributed by atoms with Crippen molar-refractivity contribution in [2.45, 2.75) is 0 Å². The normalized spacial score (nSPS) is 13.5. The highest BCUT2D eigenvalue weighted by Crippen LogP contribution is 2.41. The Morgan fingerprint density at radius 1 is 1.06 bits per heavy atom. The van der Waals surface area contributed by atoms with Gasteiger partial charge in [0, 0.05) is 5.57 Å². The van der Waals surface area contributed by atoms with Crippen LogP contribution in [0, 0.1) is 0 Å². The fraction of sp³-hybridized carbons (Fsp3) is 0.0714. The van der Waals surface area contributed by atoms with Gasteiger partial charge in [0.15, 0.2) is 0 Å². The van der Waals surface area contributed by atoms with Gasteiger partial charge >= 0.3 is 5.97 Å². The van der Waals surface area contributed by atoms with E-state index in [0.717, 1.165) is 16.3 Å². The first-order valence-corrected chi connectivity index (χ1v) is 5.34. The molecule has 0 saturated heterocycles. The predicted molar refractivity (Wildman–Crippen MR) is 65.5 cm³/mol. The molecular formula is C14H10O3. The maximum Gasteiger partial charge on any atom is 0.336 e. The number of aliphatic hydroxyl groups is 1. The van der Waals surface area contributed by atoms with Crippen LogP contribution >= 0.6 is 0 Å². The number of aliphatic carboxylic acids is 1. The largest absolute Gasteiger partial charge is 0.478 e. The zero-order chi connectivity index (χ0) is 12.0. The van der Waals surface area contributed by atoms with Gasteiger partial charge in [-0.1, -0.05) is 36.4 Å². The van der Waals surface area contributed by atoms with Crippen molar-refractivity contribution < 1.29 is 15.0 Å². The number of hydrogen-bond donors (Lipinski definition) is 2. The predicted octanol–water partition coefficient (Wildman–Crippen LogP) is 2.14. The van der Waals surface area contributed by atoms with Crippen LogP contribution in [0.1, 0.15) is 11.1 Å². The minimum atomic E-state index is -0.988. The number of carbonyl (C=O) groups is 1. The molecule has 1 aliphatic rings. The van der Waals surface area contributed by atoms with E-state index in [1.807, 2.05) is 30.3 Å². The van der Waals surface area contributed by atoms with Gasteiger partial charge in [-0.3, -0.25) is 0 Å². The first-order chi connectivity index (χ1) is 8.24. The second kappa shape index (κ2) is 3.43. The standard InChI is InChI=1S/C14H10O3/c15-7-11-9-5-1-3-8-4-2-6-10(12(8)9)13(11)14(16)17/h1-6,15H,7H2,(H,16,17). The molecule has 2 N–H and O–H groups in total. The van der Waals surface area contributed by atoms with Crippen LogP contribution in [-0.4, -0.2) is 22.8 Å². The first-order valence-electron chi connectivity index (χ1n) is 5.34. The minimum absolute atomic E-state index is 0.222. The van der Waals surface area contributed by atoms with Crippen molar-refractivity contribution >= 4 is 27.9 Å². The topological polar surface area (TPSA) is 57.5 Å². The van der Waals surface area contributed by atoms with Gasteiger partial charge in [0.1, 0.15) is 0 Å². The molecule has 2 aromatic carbocycles. The Balaban J connectivity index is 2.47. The molecule has 0 atom stereocenters. The van der Waals surface area contributed by atoms with Crippen LogP contribution in [0.4, 0.5) is 0 Å². The zero-order valence-corrected chi connectivity index (χ0v) is 8.97. The Morgan fingerprint density at radius 3 is 2.29 bits per heavy atom. The van der Waals surface area contributed by atoms with Gasteiger partial charge in [-0.15, -0.1) is 0 Å². The van der Waals surface area contributed by atoms with Crippen LogP contribution < -0.4 is 0 Å². The van der Waals surface area contributed by atoms with Crippen molar-refractivity contribution in [3.8, 4) is 0 Å². The molecule has 3 rings (SSSR count). The molecule has 0 spiro atoms. The Hall–Kier alpha value is -2.13. The number of carboxylic acid groups (broad SMARTS) is 1. The number of rotatable bonds is 2. The van der Waals surface area contributed by atoms with Gasteiger partial charge in [-0.25, -0.2) is 4.79 Å². The van der Waals surface area contributed by atoms with Crippen molar-refractivity contribution in [3.05, 3.63) is 47.5 Å². The smallest absolute Gasteiger partial charge is 0.336 e. The second-order valence-corrected chi connectivity index (χ2v) is 4.03. The number of carboxylic acids is 1. The third-order valence-corrected chi connectivity index (χ3v) is 3.17. The van der Waals surface area contributed by atoms with E-state index >= 15 is 0 Å². The minimum Gasteiger partial charge on any atom is -0.478 e. The molecule has 0 saturated carbocycles. The molecule has 3 heteroatoms. The van der Waals surface area contributed by atoms with Crippen molar-refractivity contribution in [2.75, 3.05) is 6.61 Å². The van der Waals surface area contributed by atoms with Crippen molar-refractivity contribution in [2.24, 2.45) is 0 Å². The molecule has 0 radical (unpaired) electrons. The molecule has 0 unspecified atom stereocenters. The quantitative estimate of drug-likeness (QED) is 0.824. The molecular weight excluding hydrogens is 216 g/mol. The van der Waals surface area contributed by atoms with E-state index in [4.69, 9.17) is 0 Å². The van der Waals surface area contributed by atoms with E-state index in [1.165, 1.54) is 0 Å². The third-order valence-electron chi connectivity index (χ3n) is 3.17. The molecule has 0 amide bonds. The van der Waals surface area contributed by atoms with Gasteiger partial charge in [0.05, 0.1) is 12.2 Å². The molecule has 0 bridgehead atoms. The lowest BCUT2D eigenvalue weighted by Crippen LogP contribution is -2.01. The summed E-state index contributed by atoms with van der Waals surface area (Å²) < 4.78 is 0. The summed E-state index contributed by atoms with van der Waals surface area (Å²) in [6.45, 7) is -0.255. The molecule has 0 heterocycles. The summed E-state index contributed by atoms with van der Waals surface area (Å²) in [5, 5.41) is 20.6. The monoisotopic (exact) mass is 226 g/mol.